The summed E-state index contributed by atoms with van der Waals surface area (Å²) in [5.74, 6) is 0.156. The molecular formula is C26H29N7O3. The van der Waals surface area contributed by atoms with Crippen molar-refractivity contribution in [1.29, 1.82) is 5.26 Å². The highest BCUT2D eigenvalue weighted by molar-refractivity contribution is 5.86. The predicted octanol–water partition coefficient (Wildman–Crippen LogP) is 2.70. The Morgan fingerprint density at radius 1 is 1.11 bits per heavy atom. The van der Waals surface area contributed by atoms with E-state index in [4.69, 9.17) is 4.42 Å². The number of pyridine rings is 1. The number of hydrogen-bond acceptors (Lipinski definition) is 8. The highest BCUT2D eigenvalue weighted by atomic mass is 16.4. The number of hydrogen-bond donors (Lipinski definition) is 0. The van der Waals surface area contributed by atoms with E-state index in [-0.39, 0.29) is 29.6 Å². The van der Waals surface area contributed by atoms with Crippen molar-refractivity contribution in [2.45, 2.75) is 45.3 Å². The number of piperazine rings is 1. The quantitative estimate of drug-likeness (QED) is 0.432. The van der Waals surface area contributed by atoms with E-state index in [1.54, 1.807) is 26.2 Å². The Morgan fingerprint density at radius 2 is 1.89 bits per heavy atom. The van der Waals surface area contributed by atoms with Crippen LogP contribution >= 0.6 is 0 Å². The predicted molar refractivity (Wildman–Crippen MR) is 137 cm³/mol. The molecule has 0 radical (unpaired) electrons. The molecule has 10 heteroatoms. The number of oxazole rings is 1. The number of nitriles is 1. The third-order valence-corrected chi connectivity index (χ3v) is 7.47. The van der Waals surface area contributed by atoms with Crippen LogP contribution in [-0.4, -0.2) is 49.2 Å². The van der Waals surface area contributed by atoms with Crippen LogP contribution in [0.3, 0.4) is 0 Å². The number of aromatic nitrogens is 4. The summed E-state index contributed by atoms with van der Waals surface area (Å²) in [5, 5.41) is 9.40. The van der Waals surface area contributed by atoms with Crippen LogP contribution in [0.5, 0.6) is 0 Å². The third-order valence-electron chi connectivity index (χ3n) is 7.47. The molecule has 5 rings (SSSR count). The zero-order chi connectivity index (χ0) is 25.7. The van der Waals surface area contributed by atoms with Gasteiger partial charge in [-0.15, -0.1) is 0 Å². The van der Waals surface area contributed by atoms with Crippen LogP contribution in [-0.2, 0) is 14.1 Å². The average Bonchev–Trinajstić information content (AvgIpc) is 3.17. The monoisotopic (exact) mass is 487 g/mol. The lowest BCUT2D eigenvalue weighted by Crippen LogP contribution is -2.58. The smallest absolute Gasteiger partial charge is 0.408 e. The summed E-state index contributed by atoms with van der Waals surface area (Å²) in [6, 6.07) is 11.7. The van der Waals surface area contributed by atoms with Crippen LogP contribution < -0.4 is 16.3 Å². The molecule has 1 aromatic carbocycles. The van der Waals surface area contributed by atoms with Crippen molar-refractivity contribution in [3.05, 3.63) is 62.6 Å². The lowest BCUT2D eigenvalue weighted by molar-refractivity contribution is 0.106. The number of rotatable bonds is 4. The highest BCUT2D eigenvalue weighted by Gasteiger charge is 2.35. The van der Waals surface area contributed by atoms with Crippen LogP contribution in [0.15, 0.2) is 44.3 Å². The van der Waals surface area contributed by atoms with E-state index >= 15 is 0 Å². The highest BCUT2D eigenvalue weighted by Crippen LogP contribution is 2.33. The molecule has 1 unspecified atom stereocenters. The average molecular weight is 488 g/mol. The molecule has 0 aliphatic carbocycles. The Bertz CT molecular complexity index is 1630. The lowest BCUT2D eigenvalue weighted by atomic mass is 9.98. The number of anilines is 1. The first-order chi connectivity index (χ1) is 17.2. The minimum Gasteiger partial charge on any atom is -0.408 e. The molecule has 0 bridgehead atoms. The summed E-state index contributed by atoms with van der Waals surface area (Å²) >= 11 is 0. The molecule has 4 heterocycles. The summed E-state index contributed by atoms with van der Waals surface area (Å²) in [5.41, 5.74) is 3.62. The summed E-state index contributed by atoms with van der Waals surface area (Å²) < 4.78 is 8.29. The second kappa shape index (κ2) is 8.91. The Morgan fingerprint density at radius 3 is 2.61 bits per heavy atom. The maximum atomic E-state index is 12.7. The zero-order valence-electron chi connectivity index (χ0n) is 21.1. The molecule has 1 fully saturated rings. The molecule has 36 heavy (non-hydrogen) atoms. The first-order valence-electron chi connectivity index (χ1n) is 12.1. The van der Waals surface area contributed by atoms with E-state index in [0.29, 0.717) is 34.7 Å². The van der Waals surface area contributed by atoms with Gasteiger partial charge in [-0.05, 0) is 50.1 Å². The fourth-order valence-corrected chi connectivity index (χ4v) is 5.26. The molecule has 0 spiro atoms. The minimum atomic E-state index is -0.370. The number of benzene rings is 1. The van der Waals surface area contributed by atoms with Gasteiger partial charge in [0.05, 0.1) is 11.0 Å². The van der Waals surface area contributed by atoms with Crippen molar-refractivity contribution in [2.75, 3.05) is 18.0 Å². The van der Waals surface area contributed by atoms with Crippen molar-refractivity contribution in [2.24, 2.45) is 14.1 Å². The SMILES string of the molecule is CC[C@H]1CN(c2nc(=O)n(C)c3ccc(C#N)nc23)[C@@H](C)CN1C(C)c1ccc2oc(=O)n(C)c2c1. The van der Waals surface area contributed by atoms with E-state index in [9.17, 15) is 14.9 Å². The molecular weight excluding hydrogens is 458 g/mol. The van der Waals surface area contributed by atoms with E-state index in [2.05, 4.69) is 46.6 Å². The summed E-state index contributed by atoms with van der Waals surface area (Å²) in [6.07, 6.45) is 0.902. The van der Waals surface area contributed by atoms with Gasteiger partial charge in [0.1, 0.15) is 17.3 Å². The Labute approximate surface area is 208 Å². The minimum absolute atomic E-state index is 0.0487. The summed E-state index contributed by atoms with van der Waals surface area (Å²) in [6.45, 7) is 7.87. The van der Waals surface area contributed by atoms with Gasteiger partial charge in [-0.25, -0.2) is 14.6 Å². The van der Waals surface area contributed by atoms with Gasteiger partial charge in [-0.1, -0.05) is 13.0 Å². The molecule has 0 N–H and O–H groups in total. The maximum absolute atomic E-state index is 12.7. The van der Waals surface area contributed by atoms with E-state index in [0.717, 1.165) is 24.0 Å². The largest absolute Gasteiger partial charge is 0.419 e. The van der Waals surface area contributed by atoms with Crippen molar-refractivity contribution >= 4 is 28.0 Å². The molecule has 10 nitrogen and oxygen atoms in total. The van der Waals surface area contributed by atoms with Crippen molar-refractivity contribution in [3.63, 3.8) is 0 Å². The second-order valence-electron chi connectivity index (χ2n) is 9.54. The zero-order valence-corrected chi connectivity index (χ0v) is 21.1. The van der Waals surface area contributed by atoms with Gasteiger partial charge in [0.2, 0.25) is 0 Å². The molecule has 1 aliphatic rings. The molecule has 0 saturated carbocycles. The molecule has 186 valence electrons. The van der Waals surface area contributed by atoms with Crippen molar-refractivity contribution < 1.29 is 4.42 Å². The van der Waals surface area contributed by atoms with E-state index in [1.807, 2.05) is 18.2 Å². The molecule has 1 saturated heterocycles. The van der Waals surface area contributed by atoms with Gasteiger partial charge < -0.3 is 9.32 Å². The molecule has 3 atom stereocenters. The molecule has 4 aromatic rings. The third kappa shape index (κ3) is 3.76. The Kier molecular flexibility index (Phi) is 5.88. The number of nitrogens with zero attached hydrogens (tertiary/aromatic N) is 7. The van der Waals surface area contributed by atoms with Crippen LogP contribution in [0.25, 0.3) is 22.1 Å². The van der Waals surface area contributed by atoms with Gasteiger partial charge in [0, 0.05) is 45.3 Å². The van der Waals surface area contributed by atoms with Crippen LogP contribution in [0.4, 0.5) is 5.82 Å². The normalized spacial score (nSPS) is 19.6. The van der Waals surface area contributed by atoms with Crippen LogP contribution in [0, 0.1) is 11.3 Å². The summed E-state index contributed by atoms with van der Waals surface area (Å²) in [7, 11) is 3.38. The van der Waals surface area contributed by atoms with Crippen LogP contribution in [0.1, 0.15) is 44.5 Å². The van der Waals surface area contributed by atoms with Gasteiger partial charge in [-0.2, -0.15) is 10.2 Å². The van der Waals surface area contributed by atoms with Gasteiger partial charge in [0.25, 0.3) is 0 Å². The van der Waals surface area contributed by atoms with E-state index < -0.39 is 0 Å². The first kappa shape index (κ1) is 23.8. The topological polar surface area (TPSA) is 113 Å². The first-order valence-corrected chi connectivity index (χ1v) is 12.1. The summed E-state index contributed by atoms with van der Waals surface area (Å²) in [4.78, 5) is 38.2. The standard InChI is InChI=1S/C26H29N7O3/c1-6-19-14-32(24-23-20(30(4)25(34)29-24)9-8-18(12-27)28-23)15(2)13-33(19)16(3)17-7-10-22-21(11-17)31(5)26(35)36-22/h7-11,15-16,19H,6,13-14H2,1-5H3/t15-,16?,19-/m0/s1. The lowest BCUT2D eigenvalue weighted by Gasteiger charge is -2.48. The Hall–Kier alpha value is -3.97. The maximum Gasteiger partial charge on any atom is 0.419 e. The molecule has 1 aliphatic heterocycles. The van der Waals surface area contributed by atoms with Crippen LogP contribution in [0.2, 0.25) is 0 Å². The number of fused-ring (bicyclic) bond motifs is 2. The van der Waals surface area contributed by atoms with Gasteiger partial charge in [-0.3, -0.25) is 14.0 Å². The van der Waals surface area contributed by atoms with E-state index in [1.165, 1.54) is 9.13 Å². The fraction of sp³-hybridized carbons (Fsp3) is 0.423. The fourth-order valence-electron chi connectivity index (χ4n) is 5.26. The molecule has 0 amide bonds. The second-order valence-corrected chi connectivity index (χ2v) is 9.54. The molecule has 3 aromatic heterocycles. The van der Waals surface area contributed by atoms with Crippen molar-refractivity contribution in [3.8, 4) is 6.07 Å². The Balaban J connectivity index is 1.51. The van der Waals surface area contributed by atoms with Gasteiger partial charge in [0.15, 0.2) is 11.4 Å². The number of aryl methyl sites for hydroxylation is 2. The van der Waals surface area contributed by atoms with Gasteiger partial charge >= 0.3 is 11.4 Å². The van der Waals surface area contributed by atoms with Crippen molar-refractivity contribution in [1.82, 2.24) is 24.0 Å².